The summed E-state index contributed by atoms with van der Waals surface area (Å²) >= 11 is 0. The van der Waals surface area contributed by atoms with E-state index in [1.165, 1.54) is 12.1 Å². The third kappa shape index (κ3) is 5.07. The Labute approximate surface area is 159 Å². The third-order valence-corrected chi connectivity index (χ3v) is 7.18. The number of sulfonamides is 1. The van der Waals surface area contributed by atoms with Gasteiger partial charge in [0, 0.05) is 6.42 Å². The average molecular weight is 394 g/mol. The van der Waals surface area contributed by atoms with Crippen LogP contribution in [0.5, 0.6) is 0 Å². The highest BCUT2D eigenvalue weighted by Crippen LogP contribution is 2.40. The van der Waals surface area contributed by atoms with Crippen molar-refractivity contribution in [3.8, 4) is 0 Å². The second-order valence-electron chi connectivity index (χ2n) is 7.61. The molecule has 4 atom stereocenters. The first-order chi connectivity index (χ1) is 12.8. The largest absolute Gasteiger partial charge is 0.480 e. The van der Waals surface area contributed by atoms with Crippen LogP contribution in [0.4, 0.5) is 0 Å². The maximum atomic E-state index is 12.2. The van der Waals surface area contributed by atoms with Crippen LogP contribution in [0.1, 0.15) is 38.5 Å². The van der Waals surface area contributed by atoms with Crippen LogP contribution in [0, 0.1) is 17.8 Å². The van der Waals surface area contributed by atoms with Gasteiger partial charge in [-0.3, -0.25) is 9.59 Å². The molecule has 0 unspecified atom stereocenters. The summed E-state index contributed by atoms with van der Waals surface area (Å²) in [5.41, 5.74) is 0. The van der Waals surface area contributed by atoms with Gasteiger partial charge in [-0.1, -0.05) is 24.6 Å². The molecule has 0 aromatic heterocycles. The summed E-state index contributed by atoms with van der Waals surface area (Å²) in [5, 5.41) is 12.3. The van der Waals surface area contributed by atoms with E-state index in [4.69, 9.17) is 0 Å². The van der Waals surface area contributed by atoms with E-state index in [0.29, 0.717) is 30.6 Å². The van der Waals surface area contributed by atoms with Crippen LogP contribution in [-0.4, -0.2) is 38.0 Å². The number of carboxylic acid groups (broad SMARTS) is 1. The molecule has 1 saturated carbocycles. The molecule has 2 aliphatic rings. The molecule has 3 N–H and O–H groups in total. The van der Waals surface area contributed by atoms with Gasteiger partial charge in [0.05, 0.1) is 4.90 Å². The van der Waals surface area contributed by atoms with Crippen LogP contribution in [0.25, 0.3) is 0 Å². The van der Waals surface area contributed by atoms with Crippen LogP contribution in [0.3, 0.4) is 0 Å². The molecule has 148 valence electrons. The van der Waals surface area contributed by atoms with Crippen LogP contribution >= 0.6 is 0 Å². The Balaban J connectivity index is 1.49. The average Bonchev–Trinajstić information content (AvgIpc) is 2.66. The van der Waals surface area contributed by atoms with E-state index in [9.17, 15) is 23.1 Å². The van der Waals surface area contributed by atoms with Gasteiger partial charge < -0.3 is 10.4 Å². The van der Waals surface area contributed by atoms with Gasteiger partial charge in [-0.15, -0.1) is 0 Å². The van der Waals surface area contributed by atoms with E-state index in [0.717, 1.165) is 25.8 Å². The van der Waals surface area contributed by atoms with Crippen molar-refractivity contribution in [3.05, 3.63) is 30.3 Å². The molecule has 8 heteroatoms. The number of hydrogen-bond donors (Lipinski definition) is 3. The summed E-state index contributed by atoms with van der Waals surface area (Å²) in [6.45, 7) is 0.740. The third-order valence-electron chi connectivity index (χ3n) is 5.79. The number of aliphatic carboxylic acids is 1. The summed E-state index contributed by atoms with van der Waals surface area (Å²) in [5.74, 6) is -0.0916. The molecule has 0 radical (unpaired) electrons. The zero-order chi connectivity index (χ0) is 19.4. The number of carboxylic acids is 1. The lowest BCUT2D eigenvalue weighted by molar-refractivity contribution is -0.141. The van der Waals surface area contributed by atoms with Gasteiger partial charge >= 0.3 is 5.97 Å². The summed E-state index contributed by atoms with van der Waals surface area (Å²) in [6, 6.07) is 7.36. The minimum atomic E-state index is -3.82. The molecule has 1 amide bonds. The molecule has 0 bridgehead atoms. The number of amides is 1. The number of rotatable bonds is 6. The van der Waals surface area contributed by atoms with Crippen molar-refractivity contribution < 1.29 is 23.1 Å². The normalized spacial score (nSPS) is 28.1. The lowest BCUT2D eigenvalue weighted by Gasteiger charge is -2.41. The van der Waals surface area contributed by atoms with Crippen LogP contribution < -0.4 is 10.0 Å². The number of nitrogens with one attached hydrogen (secondary N) is 2. The van der Waals surface area contributed by atoms with Crippen molar-refractivity contribution in [2.75, 3.05) is 6.54 Å². The molecule has 27 heavy (non-hydrogen) atoms. The Morgan fingerprint density at radius 1 is 1.11 bits per heavy atom. The Morgan fingerprint density at radius 3 is 2.56 bits per heavy atom. The van der Waals surface area contributed by atoms with Gasteiger partial charge in [-0.25, -0.2) is 13.1 Å². The van der Waals surface area contributed by atoms with Crippen molar-refractivity contribution >= 4 is 21.9 Å². The molecule has 1 aliphatic heterocycles. The first-order valence-corrected chi connectivity index (χ1v) is 10.9. The van der Waals surface area contributed by atoms with Crippen molar-refractivity contribution in [1.82, 2.24) is 10.0 Å². The Bertz CT molecular complexity index is 781. The number of carbonyl (C=O) groups is 2. The first kappa shape index (κ1) is 19.8. The quantitative estimate of drug-likeness (QED) is 0.678. The molecular formula is C19H26N2O5S. The van der Waals surface area contributed by atoms with Crippen LogP contribution in [0.15, 0.2) is 35.2 Å². The zero-order valence-electron chi connectivity index (χ0n) is 15.1. The SMILES string of the molecule is O=C(CC[C@H]1CC[C@H]2CN[C@H](C(=O)O)C[C@H]2C1)NS(=O)(=O)c1ccccc1. The number of piperidine rings is 1. The fourth-order valence-corrected chi connectivity index (χ4v) is 5.34. The molecule has 1 heterocycles. The van der Waals surface area contributed by atoms with Gasteiger partial charge in [0.1, 0.15) is 6.04 Å². The standard InChI is InChI=1S/C19H26N2O5S/c22-18(21-27(25,26)16-4-2-1-3-5-16)9-7-13-6-8-14-12-20-17(19(23)24)11-15(14)10-13/h1-5,13-15,17,20H,6-12H2,(H,21,22)(H,23,24)/t13-,14+,15-,17+/m1/s1. The summed E-state index contributed by atoms with van der Waals surface area (Å²) < 4.78 is 26.5. The molecular weight excluding hydrogens is 368 g/mol. The van der Waals surface area contributed by atoms with Gasteiger partial charge in [0.2, 0.25) is 5.91 Å². The predicted molar refractivity (Wildman–Crippen MR) is 99.4 cm³/mol. The fraction of sp³-hybridized carbons (Fsp3) is 0.579. The number of carbonyl (C=O) groups excluding carboxylic acids is 1. The molecule has 0 spiro atoms. The number of hydrogen-bond acceptors (Lipinski definition) is 5. The monoisotopic (exact) mass is 394 g/mol. The summed E-state index contributed by atoms with van der Waals surface area (Å²) in [7, 11) is -3.82. The van der Waals surface area contributed by atoms with Crippen molar-refractivity contribution in [1.29, 1.82) is 0 Å². The number of benzene rings is 1. The van der Waals surface area contributed by atoms with Gasteiger partial charge in [0.25, 0.3) is 10.0 Å². The van der Waals surface area contributed by atoms with Crippen molar-refractivity contribution in [2.24, 2.45) is 17.8 Å². The topological polar surface area (TPSA) is 113 Å². The van der Waals surface area contributed by atoms with Crippen molar-refractivity contribution in [2.45, 2.75) is 49.5 Å². The maximum Gasteiger partial charge on any atom is 0.320 e. The lowest BCUT2D eigenvalue weighted by atomic mass is 9.69. The Hall–Kier alpha value is -1.93. The highest BCUT2D eigenvalue weighted by molar-refractivity contribution is 7.90. The Morgan fingerprint density at radius 2 is 1.85 bits per heavy atom. The fourth-order valence-electron chi connectivity index (χ4n) is 4.31. The molecule has 2 fully saturated rings. The van der Waals surface area contributed by atoms with Gasteiger partial charge in [-0.05, 0) is 62.1 Å². The minimum Gasteiger partial charge on any atom is -0.480 e. The molecule has 3 rings (SSSR count). The molecule has 1 aromatic rings. The van der Waals surface area contributed by atoms with E-state index in [1.807, 2.05) is 0 Å². The highest BCUT2D eigenvalue weighted by Gasteiger charge is 2.37. The number of fused-ring (bicyclic) bond motifs is 1. The molecule has 1 aromatic carbocycles. The van der Waals surface area contributed by atoms with Gasteiger partial charge in [0.15, 0.2) is 0 Å². The molecule has 1 saturated heterocycles. The van der Waals surface area contributed by atoms with Crippen molar-refractivity contribution in [3.63, 3.8) is 0 Å². The van der Waals surface area contributed by atoms with E-state index in [1.54, 1.807) is 18.2 Å². The second-order valence-corrected chi connectivity index (χ2v) is 9.30. The van der Waals surface area contributed by atoms with Crippen LogP contribution in [0.2, 0.25) is 0 Å². The van der Waals surface area contributed by atoms with Gasteiger partial charge in [-0.2, -0.15) is 0 Å². The van der Waals surface area contributed by atoms with Crippen LogP contribution in [-0.2, 0) is 19.6 Å². The highest BCUT2D eigenvalue weighted by atomic mass is 32.2. The summed E-state index contributed by atoms with van der Waals surface area (Å²) in [6.07, 6.45) is 4.36. The minimum absolute atomic E-state index is 0.0771. The second kappa shape index (κ2) is 8.39. The Kier molecular flexibility index (Phi) is 6.16. The zero-order valence-corrected chi connectivity index (χ0v) is 16.0. The molecule has 7 nitrogen and oxygen atoms in total. The molecule has 1 aliphatic carbocycles. The van der Waals surface area contributed by atoms with E-state index in [-0.39, 0.29) is 11.3 Å². The predicted octanol–water partition coefficient (Wildman–Crippen LogP) is 1.75. The van der Waals surface area contributed by atoms with E-state index in [2.05, 4.69) is 10.0 Å². The van der Waals surface area contributed by atoms with E-state index >= 15 is 0 Å². The summed E-state index contributed by atoms with van der Waals surface area (Å²) in [4.78, 5) is 23.4. The smallest absolute Gasteiger partial charge is 0.320 e. The first-order valence-electron chi connectivity index (χ1n) is 9.42. The lowest BCUT2D eigenvalue weighted by Crippen LogP contribution is -2.49. The van der Waals surface area contributed by atoms with E-state index < -0.39 is 27.9 Å². The maximum absolute atomic E-state index is 12.2.